The van der Waals surface area contributed by atoms with E-state index in [-0.39, 0.29) is 36.0 Å². The maximum Gasteiger partial charge on any atom is 0.222 e. The second kappa shape index (κ2) is 7.19. The SMILES string of the molecule is CCNc1nc(NCCC(=O)NC(C)(C)C)c(F)cc1F. The van der Waals surface area contributed by atoms with Crippen LogP contribution in [0.2, 0.25) is 0 Å². The normalized spacial score (nSPS) is 11.1. The number of aromatic nitrogens is 1. The fraction of sp³-hybridized carbons (Fsp3) is 0.571. The lowest BCUT2D eigenvalue weighted by molar-refractivity contribution is -0.122. The van der Waals surface area contributed by atoms with Crippen LogP contribution in [0.1, 0.15) is 34.1 Å². The molecule has 118 valence electrons. The van der Waals surface area contributed by atoms with E-state index >= 15 is 0 Å². The minimum atomic E-state index is -0.787. The number of hydrogen-bond donors (Lipinski definition) is 3. The number of anilines is 2. The third kappa shape index (κ3) is 5.93. The number of nitrogens with zero attached hydrogens (tertiary/aromatic N) is 1. The largest absolute Gasteiger partial charge is 0.368 e. The monoisotopic (exact) mass is 300 g/mol. The molecule has 0 radical (unpaired) electrons. The zero-order valence-corrected chi connectivity index (χ0v) is 12.8. The fourth-order valence-electron chi connectivity index (χ4n) is 1.66. The summed E-state index contributed by atoms with van der Waals surface area (Å²) in [5.74, 6) is -1.77. The summed E-state index contributed by atoms with van der Waals surface area (Å²) in [5.41, 5.74) is -0.311. The molecule has 0 saturated heterocycles. The molecule has 0 aliphatic carbocycles. The molecule has 0 aliphatic rings. The van der Waals surface area contributed by atoms with E-state index in [4.69, 9.17) is 0 Å². The van der Waals surface area contributed by atoms with Gasteiger partial charge in [-0.1, -0.05) is 0 Å². The number of pyridine rings is 1. The molecule has 7 heteroatoms. The molecular weight excluding hydrogens is 278 g/mol. The maximum absolute atomic E-state index is 13.6. The van der Waals surface area contributed by atoms with Crippen molar-refractivity contribution < 1.29 is 13.6 Å². The van der Waals surface area contributed by atoms with E-state index in [2.05, 4.69) is 20.9 Å². The van der Waals surface area contributed by atoms with Crippen LogP contribution in [0.3, 0.4) is 0 Å². The molecule has 1 aromatic heterocycles. The second-order valence-electron chi connectivity index (χ2n) is 5.65. The van der Waals surface area contributed by atoms with E-state index in [0.717, 1.165) is 6.07 Å². The molecule has 0 bridgehead atoms. The zero-order chi connectivity index (χ0) is 16.0. The van der Waals surface area contributed by atoms with Crippen LogP contribution < -0.4 is 16.0 Å². The van der Waals surface area contributed by atoms with Crippen LogP contribution in [0.4, 0.5) is 20.4 Å². The maximum atomic E-state index is 13.6. The van der Waals surface area contributed by atoms with Crippen molar-refractivity contribution >= 4 is 17.5 Å². The average molecular weight is 300 g/mol. The molecule has 1 rings (SSSR count). The minimum absolute atomic E-state index is 0.0134. The summed E-state index contributed by atoms with van der Waals surface area (Å²) < 4.78 is 27.0. The standard InChI is InChI=1S/C14H22F2N4O/c1-5-17-12-9(15)8-10(16)13(19-12)18-7-6-11(21)20-14(2,3)4/h8H,5-7H2,1-4H3,(H,20,21)(H2,17,18,19). The number of hydrogen-bond acceptors (Lipinski definition) is 4. The first-order valence-corrected chi connectivity index (χ1v) is 6.87. The van der Waals surface area contributed by atoms with Crippen LogP contribution in [0.15, 0.2) is 6.07 Å². The Hall–Kier alpha value is -1.92. The Labute approximate surface area is 123 Å². The summed E-state index contributed by atoms with van der Waals surface area (Å²) in [4.78, 5) is 15.4. The van der Waals surface area contributed by atoms with Gasteiger partial charge in [0.05, 0.1) is 0 Å². The van der Waals surface area contributed by atoms with Gasteiger partial charge in [0.15, 0.2) is 23.3 Å². The Morgan fingerprint density at radius 3 is 2.29 bits per heavy atom. The lowest BCUT2D eigenvalue weighted by Crippen LogP contribution is -2.41. The van der Waals surface area contributed by atoms with Crippen molar-refractivity contribution in [3.05, 3.63) is 17.7 Å². The van der Waals surface area contributed by atoms with Gasteiger partial charge in [-0.05, 0) is 27.7 Å². The number of carbonyl (C=O) groups excluding carboxylic acids is 1. The van der Waals surface area contributed by atoms with Crippen LogP contribution in [0, 0.1) is 11.6 Å². The molecule has 0 aromatic carbocycles. The molecule has 1 heterocycles. The topological polar surface area (TPSA) is 66.0 Å². The molecule has 0 saturated carbocycles. The lowest BCUT2D eigenvalue weighted by Gasteiger charge is -2.20. The summed E-state index contributed by atoms with van der Waals surface area (Å²) >= 11 is 0. The predicted molar refractivity (Wildman–Crippen MR) is 79.3 cm³/mol. The highest BCUT2D eigenvalue weighted by molar-refractivity contribution is 5.77. The average Bonchev–Trinajstić information content (AvgIpc) is 2.32. The quantitative estimate of drug-likeness (QED) is 0.755. The van der Waals surface area contributed by atoms with E-state index < -0.39 is 11.6 Å². The van der Waals surface area contributed by atoms with Crippen molar-refractivity contribution in [1.29, 1.82) is 0 Å². The summed E-state index contributed by atoms with van der Waals surface area (Å²) in [6, 6.07) is 0.766. The van der Waals surface area contributed by atoms with Gasteiger partial charge in [-0.2, -0.15) is 0 Å². The highest BCUT2D eigenvalue weighted by atomic mass is 19.1. The Balaban J connectivity index is 2.59. The Morgan fingerprint density at radius 2 is 1.76 bits per heavy atom. The first kappa shape index (κ1) is 17.1. The van der Waals surface area contributed by atoms with Crippen molar-refractivity contribution in [1.82, 2.24) is 10.3 Å². The van der Waals surface area contributed by atoms with E-state index in [0.29, 0.717) is 6.54 Å². The second-order valence-corrected chi connectivity index (χ2v) is 5.65. The number of rotatable bonds is 6. The third-order valence-electron chi connectivity index (χ3n) is 2.43. The Bertz CT molecular complexity index is 500. The molecule has 21 heavy (non-hydrogen) atoms. The number of carbonyl (C=O) groups is 1. The van der Waals surface area contributed by atoms with Gasteiger partial charge in [0.1, 0.15) is 0 Å². The molecule has 0 aliphatic heterocycles. The summed E-state index contributed by atoms with van der Waals surface area (Å²) in [5, 5.41) is 8.20. The van der Waals surface area contributed by atoms with Crippen molar-refractivity contribution in [2.75, 3.05) is 23.7 Å². The predicted octanol–water partition coefficient (Wildman–Crippen LogP) is 2.51. The van der Waals surface area contributed by atoms with E-state index in [1.54, 1.807) is 6.92 Å². The van der Waals surface area contributed by atoms with Crippen molar-refractivity contribution in [3.63, 3.8) is 0 Å². The lowest BCUT2D eigenvalue weighted by atomic mass is 10.1. The van der Waals surface area contributed by atoms with Gasteiger partial charge < -0.3 is 16.0 Å². The van der Waals surface area contributed by atoms with Gasteiger partial charge in [0.25, 0.3) is 0 Å². The number of amides is 1. The van der Waals surface area contributed by atoms with Crippen LogP contribution in [0.25, 0.3) is 0 Å². The van der Waals surface area contributed by atoms with Gasteiger partial charge in [-0.3, -0.25) is 4.79 Å². The molecule has 0 fully saturated rings. The Kier molecular flexibility index (Phi) is 5.87. The molecule has 0 unspecified atom stereocenters. The van der Waals surface area contributed by atoms with Crippen LogP contribution in [-0.2, 0) is 4.79 Å². The van der Waals surface area contributed by atoms with Crippen molar-refractivity contribution in [3.8, 4) is 0 Å². The zero-order valence-electron chi connectivity index (χ0n) is 12.8. The summed E-state index contributed by atoms with van der Waals surface area (Å²) in [6.45, 7) is 8.10. The molecule has 0 atom stereocenters. The van der Waals surface area contributed by atoms with Gasteiger partial charge in [-0.15, -0.1) is 0 Å². The first-order chi connectivity index (χ1) is 9.73. The highest BCUT2D eigenvalue weighted by Gasteiger charge is 2.14. The molecule has 1 aromatic rings. The van der Waals surface area contributed by atoms with Crippen LogP contribution in [0.5, 0.6) is 0 Å². The summed E-state index contributed by atoms with van der Waals surface area (Å²) in [7, 11) is 0. The fourth-order valence-corrected chi connectivity index (χ4v) is 1.66. The number of nitrogens with one attached hydrogen (secondary N) is 3. The number of halogens is 2. The first-order valence-electron chi connectivity index (χ1n) is 6.87. The summed E-state index contributed by atoms with van der Waals surface area (Å²) in [6.07, 6.45) is 0.173. The molecule has 0 spiro atoms. The molecule has 1 amide bonds. The van der Waals surface area contributed by atoms with Gasteiger partial charge >= 0.3 is 0 Å². The Morgan fingerprint density at radius 1 is 1.19 bits per heavy atom. The van der Waals surface area contributed by atoms with Gasteiger partial charge in [0.2, 0.25) is 5.91 Å². The highest BCUT2D eigenvalue weighted by Crippen LogP contribution is 2.18. The van der Waals surface area contributed by atoms with Crippen molar-refractivity contribution in [2.24, 2.45) is 0 Å². The van der Waals surface area contributed by atoms with Gasteiger partial charge in [0, 0.05) is 31.1 Å². The van der Waals surface area contributed by atoms with Crippen LogP contribution in [-0.4, -0.2) is 29.5 Å². The van der Waals surface area contributed by atoms with Crippen LogP contribution >= 0.6 is 0 Å². The minimum Gasteiger partial charge on any atom is -0.368 e. The van der Waals surface area contributed by atoms with E-state index in [1.807, 2.05) is 20.8 Å². The van der Waals surface area contributed by atoms with Gasteiger partial charge in [-0.25, -0.2) is 13.8 Å². The molecule has 3 N–H and O–H groups in total. The third-order valence-corrected chi connectivity index (χ3v) is 2.43. The van der Waals surface area contributed by atoms with Crippen molar-refractivity contribution in [2.45, 2.75) is 39.7 Å². The van der Waals surface area contributed by atoms with E-state index in [1.165, 1.54) is 0 Å². The smallest absolute Gasteiger partial charge is 0.222 e. The van der Waals surface area contributed by atoms with E-state index in [9.17, 15) is 13.6 Å². The molecule has 5 nitrogen and oxygen atoms in total. The molecular formula is C14H22F2N4O.